The number of nitrogens with two attached hydrogens (primary N) is 1. The third kappa shape index (κ3) is 2.81. The van der Waals surface area contributed by atoms with Gasteiger partial charge in [0.15, 0.2) is 0 Å². The van der Waals surface area contributed by atoms with E-state index in [9.17, 15) is 4.79 Å². The van der Waals surface area contributed by atoms with Gasteiger partial charge in [-0.2, -0.15) is 0 Å². The maximum atomic E-state index is 12.8. The van der Waals surface area contributed by atoms with E-state index >= 15 is 0 Å². The largest absolute Gasteiger partial charge is 0.334 e. The van der Waals surface area contributed by atoms with Crippen molar-refractivity contribution in [3.8, 4) is 0 Å². The van der Waals surface area contributed by atoms with Crippen LogP contribution in [0.3, 0.4) is 0 Å². The van der Waals surface area contributed by atoms with E-state index in [0.717, 1.165) is 30.5 Å². The molecule has 0 aromatic heterocycles. The van der Waals surface area contributed by atoms with Crippen LogP contribution in [0, 0.1) is 5.92 Å². The molecule has 2 N–H and O–H groups in total. The topological polar surface area (TPSA) is 46.3 Å². The monoisotopic (exact) mass is 260 g/mol. The first kappa shape index (κ1) is 14.1. The number of aryl methyl sites for hydroxylation is 1. The Morgan fingerprint density at radius 2 is 2.16 bits per heavy atom. The third-order valence-corrected chi connectivity index (χ3v) is 4.25. The average Bonchev–Trinajstić information content (AvgIpc) is 2.46. The van der Waals surface area contributed by atoms with Gasteiger partial charge in [0.05, 0.1) is 0 Å². The fraction of sp³-hybridized carbons (Fsp3) is 0.562. The zero-order chi connectivity index (χ0) is 13.8. The molecule has 1 fully saturated rings. The van der Waals surface area contributed by atoms with Crippen LogP contribution in [0.5, 0.6) is 0 Å². The van der Waals surface area contributed by atoms with E-state index in [4.69, 9.17) is 5.73 Å². The Balaban J connectivity index is 2.27. The first-order valence-corrected chi connectivity index (χ1v) is 7.28. The maximum Gasteiger partial charge on any atom is 0.254 e. The summed E-state index contributed by atoms with van der Waals surface area (Å²) >= 11 is 0. The standard InChI is InChI=1S/C16H24N2O/c1-3-13-8-4-5-9-14(13)16(19)18-10-6-7-12(2)15(18)11-17/h4-5,8-9,12,15H,3,6-7,10-11,17H2,1-2H3. The first-order valence-electron chi connectivity index (χ1n) is 7.28. The molecule has 0 saturated carbocycles. The molecular formula is C16H24N2O. The normalized spacial score (nSPS) is 23.4. The average molecular weight is 260 g/mol. The van der Waals surface area contributed by atoms with Gasteiger partial charge in [0, 0.05) is 24.7 Å². The van der Waals surface area contributed by atoms with E-state index in [-0.39, 0.29) is 11.9 Å². The summed E-state index contributed by atoms with van der Waals surface area (Å²) in [6, 6.07) is 8.10. The minimum atomic E-state index is 0.152. The quantitative estimate of drug-likeness (QED) is 0.907. The molecule has 2 rings (SSSR count). The highest BCUT2D eigenvalue weighted by Gasteiger charge is 2.31. The fourth-order valence-electron chi connectivity index (χ4n) is 3.05. The minimum Gasteiger partial charge on any atom is -0.334 e. The van der Waals surface area contributed by atoms with E-state index in [0.29, 0.717) is 12.5 Å². The van der Waals surface area contributed by atoms with Crippen LogP contribution >= 0.6 is 0 Å². The summed E-state index contributed by atoms with van der Waals surface area (Å²) in [5, 5.41) is 0. The molecule has 3 nitrogen and oxygen atoms in total. The lowest BCUT2D eigenvalue weighted by atomic mass is 9.90. The second-order valence-electron chi connectivity index (χ2n) is 5.43. The summed E-state index contributed by atoms with van der Waals surface area (Å²) in [5.41, 5.74) is 7.85. The molecule has 1 amide bonds. The predicted octanol–water partition coefficient (Wildman–Crippen LogP) is 2.45. The van der Waals surface area contributed by atoms with E-state index in [2.05, 4.69) is 13.8 Å². The van der Waals surface area contributed by atoms with Crippen LogP contribution in [-0.4, -0.2) is 29.9 Å². The number of likely N-dealkylation sites (tertiary alicyclic amines) is 1. The van der Waals surface area contributed by atoms with E-state index < -0.39 is 0 Å². The Labute approximate surface area is 115 Å². The predicted molar refractivity (Wildman–Crippen MR) is 78.1 cm³/mol. The molecular weight excluding hydrogens is 236 g/mol. The van der Waals surface area contributed by atoms with Gasteiger partial charge in [-0.05, 0) is 36.8 Å². The van der Waals surface area contributed by atoms with Crippen molar-refractivity contribution in [3.63, 3.8) is 0 Å². The van der Waals surface area contributed by atoms with Gasteiger partial charge in [-0.3, -0.25) is 4.79 Å². The fourth-order valence-corrected chi connectivity index (χ4v) is 3.05. The lowest BCUT2D eigenvalue weighted by molar-refractivity contribution is 0.0531. The van der Waals surface area contributed by atoms with Crippen molar-refractivity contribution in [2.75, 3.05) is 13.1 Å². The molecule has 1 aromatic carbocycles. The van der Waals surface area contributed by atoms with Crippen molar-refractivity contribution in [2.24, 2.45) is 11.7 Å². The van der Waals surface area contributed by atoms with Gasteiger partial charge in [0.1, 0.15) is 0 Å². The summed E-state index contributed by atoms with van der Waals surface area (Å²) in [6.07, 6.45) is 3.14. The molecule has 1 aliphatic rings. The van der Waals surface area contributed by atoms with Gasteiger partial charge in [-0.15, -0.1) is 0 Å². The van der Waals surface area contributed by atoms with Crippen LogP contribution in [0.1, 0.15) is 42.6 Å². The zero-order valence-electron chi connectivity index (χ0n) is 11.9. The Morgan fingerprint density at radius 3 is 2.84 bits per heavy atom. The summed E-state index contributed by atoms with van der Waals surface area (Å²) in [7, 11) is 0. The highest BCUT2D eigenvalue weighted by molar-refractivity contribution is 5.96. The van der Waals surface area contributed by atoms with Crippen LogP contribution in [-0.2, 0) is 6.42 Å². The summed E-state index contributed by atoms with van der Waals surface area (Å²) in [5.74, 6) is 0.649. The second kappa shape index (κ2) is 6.20. The molecule has 0 spiro atoms. The van der Waals surface area contributed by atoms with Crippen LogP contribution in [0.15, 0.2) is 24.3 Å². The molecule has 104 valence electrons. The lowest BCUT2D eigenvalue weighted by Gasteiger charge is -2.39. The highest BCUT2D eigenvalue weighted by atomic mass is 16.2. The smallest absolute Gasteiger partial charge is 0.254 e. The molecule has 1 saturated heterocycles. The van der Waals surface area contributed by atoms with Gasteiger partial charge in [0.2, 0.25) is 0 Å². The molecule has 0 aliphatic carbocycles. The SMILES string of the molecule is CCc1ccccc1C(=O)N1CCCC(C)C1CN. The van der Waals surface area contributed by atoms with E-state index in [1.54, 1.807) is 0 Å². The van der Waals surface area contributed by atoms with Crippen LogP contribution in [0.2, 0.25) is 0 Å². The minimum absolute atomic E-state index is 0.152. The number of hydrogen-bond acceptors (Lipinski definition) is 2. The molecule has 19 heavy (non-hydrogen) atoms. The molecule has 3 heteroatoms. The Bertz CT molecular complexity index is 444. The third-order valence-electron chi connectivity index (χ3n) is 4.25. The number of amides is 1. The summed E-state index contributed by atoms with van der Waals surface area (Å²) < 4.78 is 0. The molecule has 1 aromatic rings. The second-order valence-corrected chi connectivity index (χ2v) is 5.43. The summed E-state index contributed by atoms with van der Waals surface area (Å²) in [6.45, 7) is 5.68. The highest BCUT2D eigenvalue weighted by Crippen LogP contribution is 2.25. The number of rotatable bonds is 3. The van der Waals surface area contributed by atoms with Crippen molar-refractivity contribution in [1.82, 2.24) is 4.90 Å². The number of piperidine rings is 1. The lowest BCUT2D eigenvalue weighted by Crippen LogP contribution is -2.51. The van der Waals surface area contributed by atoms with Crippen LogP contribution in [0.4, 0.5) is 0 Å². The van der Waals surface area contributed by atoms with Crippen LogP contribution < -0.4 is 5.73 Å². The van der Waals surface area contributed by atoms with Crippen molar-refractivity contribution in [2.45, 2.75) is 39.2 Å². The molecule has 2 unspecified atom stereocenters. The van der Waals surface area contributed by atoms with E-state index in [1.165, 1.54) is 6.42 Å². The van der Waals surface area contributed by atoms with Gasteiger partial charge in [0.25, 0.3) is 5.91 Å². The molecule has 1 heterocycles. The van der Waals surface area contributed by atoms with Crippen LogP contribution in [0.25, 0.3) is 0 Å². The Hall–Kier alpha value is -1.35. The zero-order valence-corrected chi connectivity index (χ0v) is 11.9. The van der Waals surface area contributed by atoms with Gasteiger partial charge in [-0.1, -0.05) is 32.0 Å². The number of benzene rings is 1. The number of carbonyl (C=O) groups excluding carboxylic acids is 1. The number of carbonyl (C=O) groups is 1. The summed E-state index contributed by atoms with van der Waals surface area (Å²) in [4.78, 5) is 14.8. The van der Waals surface area contributed by atoms with Gasteiger partial charge in [-0.25, -0.2) is 0 Å². The van der Waals surface area contributed by atoms with Gasteiger partial charge >= 0.3 is 0 Å². The maximum absolute atomic E-state index is 12.8. The van der Waals surface area contributed by atoms with Crippen molar-refractivity contribution < 1.29 is 4.79 Å². The first-order chi connectivity index (χ1) is 9.19. The molecule has 0 radical (unpaired) electrons. The van der Waals surface area contributed by atoms with E-state index in [1.807, 2.05) is 29.2 Å². The Kier molecular flexibility index (Phi) is 4.59. The number of hydrogen-bond donors (Lipinski definition) is 1. The number of nitrogens with zero attached hydrogens (tertiary/aromatic N) is 1. The molecule has 1 aliphatic heterocycles. The van der Waals surface area contributed by atoms with Gasteiger partial charge < -0.3 is 10.6 Å². The molecule has 0 bridgehead atoms. The van der Waals surface area contributed by atoms with Crippen molar-refractivity contribution >= 4 is 5.91 Å². The van der Waals surface area contributed by atoms with Crippen molar-refractivity contribution in [3.05, 3.63) is 35.4 Å². The molecule has 2 atom stereocenters. The Morgan fingerprint density at radius 1 is 1.42 bits per heavy atom. The van der Waals surface area contributed by atoms with Crippen molar-refractivity contribution in [1.29, 1.82) is 0 Å².